The highest BCUT2D eigenvalue weighted by Gasteiger charge is 2.27. The molecule has 9 heteroatoms. The third kappa shape index (κ3) is 5.56. The standard InChI is InChI=1S/C38H31FN4O4/c1-45-33-19-22(20-34(46-2)37(33)47-3)18-23-8-13-28-35(27-6-4-5-7-30(27)42-36(23)28)38(44)43-32-15-14-31(26-16-17-40-21-29(26)32)41-25-11-9-24(39)10-12-25/h4-7,9-12,14-21,41H,8,13H2,1-3H3,(H,43,44)/b23-18+. The van der Waals surface area contributed by atoms with Crippen LogP contribution >= 0.6 is 0 Å². The number of benzene rings is 4. The number of allylic oxidation sites excluding steroid dienone is 1. The van der Waals surface area contributed by atoms with Crippen molar-refractivity contribution in [1.82, 2.24) is 9.97 Å². The van der Waals surface area contributed by atoms with Crippen molar-refractivity contribution < 1.29 is 23.4 Å². The quantitative estimate of drug-likeness (QED) is 0.175. The number of pyridine rings is 2. The van der Waals surface area contributed by atoms with Crippen LogP contribution in [-0.2, 0) is 6.42 Å². The molecule has 8 nitrogen and oxygen atoms in total. The molecule has 2 aromatic heterocycles. The zero-order valence-electron chi connectivity index (χ0n) is 26.1. The highest BCUT2D eigenvalue weighted by Crippen LogP contribution is 2.42. The van der Waals surface area contributed by atoms with Gasteiger partial charge in [0.05, 0.1) is 43.8 Å². The summed E-state index contributed by atoms with van der Waals surface area (Å²) >= 11 is 0. The van der Waals surface area contributed by atoms with Crippen LogP contribution in [0.4, 0.5) is 21.5 Å². The molecule has 1 aliphatic rings. The number of nitrogens with zero attached hydrogens (tertiary/aromatic N) is 2. The lowest BCUT2D eigenvalue weighted by Crippen LogP contribution is -2.16. The number of hydrogen-bond donors (Lipinski definition) is 2. The number of fused-ring (bicyclic) bond motifs is 3. The Morgan fingerprint density at radius 1 is 0.830 bits per heavy atom. The van der Waals surface area contributed by atoms with Crippen LogP contribution in [0.3, 0.4) is 0 Å². The lowest BCUT2D eigenvalue weighted by molar-refractivity contribution is 0.102. The minimum Gasteiger partial charge on any atom is -0.493 e. The van der Waals surface area contributed by atoms with Crippen molar-refractivity contribution in [3.8, 4) is 17.2 Å². The number of carbonyl (C=O) groups is 1. The first-order chi connectivity index (χ1) is 23.0. The lowest BCUT2D eigenvalue weighted by Gasteiger charge is -2.16. The minimum atomic E-state index is -0.304. The van der Waals surface area contributed by atoms with Gasteiger partial charge >= 0.3 is 0 Å². The van der Waals surface area contributed by atoms with Crippen LogP contribution in [0.5, 0.6) is 17.2 Å². The van der Waals surface area contributed by atoms with Crippen LogP contribution in [0.25, 0.3) is 33.3 Å². The summed E-state index contributed by atoms with van der Waals surface area (Å²) in [6.07, 6.45) is 6.87. The molecule has 0 saturated heterocycles. The molecule has 0 bridgehead atoms. The van der Waals surface area contributed by atoms with Gasteiger partial charge in [-0.15, -0.1) is 0 Å². The average molecular weight is 627 g/mol. The third-order valence-corrected chi connectivity index (χ3v) is 8.39. The van der Waals surface area contributed by atoms with Gasteiger partial charge in [-0.2, -0.15) is 0 Å². The van der Waals surface area contributed by atoms with Crippen LogP contribution in [0, 0.1) is 5.82 Å². The number of amides is 1. The Morgan fingerprint density at radius 3 is 2.32 bits per heavy atom. The summed E-state index contributed by atoms with van der Waals surface area (Å²) in [4.78, 5) is 23.6. The van der Waals surface area contributed by atoms with E-state index in [1.165, 1.54) is 12.1 Å². The second-order valence-electron chi connectivity index (χ2n) is 11.1. The van der Waals surface area contributed by atoms with Crippen LogP contribution in [-0.4, -0.2) is 37.2 Å². The zero-order valence-corrected chi connectivity index (χ0v) is 26.1. The second-order valence-corrected chi connectivity index (χ2v) is 11.1. The van der Waals surface area contributed by atoms with E-state index >= 15 is 0 Å². The van der Waals surface area contributed by atoms with Gasteiger partial charge in [0.15, 0.2) is 11.5 Å². The van der Waals surface area contributed by atoms with Crippen LogP contribution < -0.4 is 24.8 Å². The Hall–Kier alpha value is -5.96. The lowest BCUT2D eigenvalue weighted by atomic mass is 9.99. The van der Waals surface area contributed by atoms with E-state index in [0.717, 1.165) is 55.4 Å². The van der Waals surface area contributed by atoms with Crippen LogP contribution in [0.15, 0.2) is 91.3 Å². The molecule has 6 aromatic rings. The van der Waals surface area contributed by atoms with Gasteiger partial charge in [-0.1, -0.05) is 18.2 Å². The molecule has 234 valence electrons. The molecular formula is C38H31FN4O4. The van der Waals surface area contributed by atoms with Gasteiger partial charge in [0, 0.05) is 39.9 Å². The Labute approximate surface area is 270 Å². The Bertz CT molecular complexity index is 2170. The SMILES string of the molecule is COc1cc(/C=C2\CCc3c2nc2ccccc2c3C(=O)Nc2ccc(Nc3ccc(F)cc3)c3ccncc23)cc(OC)c1OC. The van der Waals surface area contributed by atoms with E-state index in [0.29, 0.717) is 41.3 Å². The normalized spacial score (nSPS) is 13.1. The van der Waals surface area contributed by atoms with Crippen molar-refractivity contribution in [3.63, 3.8) is 0 Å². The molecule has 1 amide bonds. The number of para-hydroxylation sites is 1. The Kier molecular flexibility index (Phi) is 7.87. The number of ether oxygens (including phenoxy) is 3. The van der Waals surface area contributed by atoms with Gasteiger partial charge in [0.25, 0.3) is 5.91 Å². The van der Waals surface area contributed by atoms with E-state index in [4.69, 9.17) is 19.2 Å². The Balaban J connectivity index is 1.28. The highest BCUT2D eigenvalue weighted by atomic mass is 19.1. The average Bonchev–Trinajstić information content (AvgIpc) is 3.49. The summed E-state index contributed by atoms with van der Waals surface area (Å²) in [5, 5.41) is 8.94. The smallest absolute Gasteiger partial charge is 0.256 e. The summed E-state index contributed by atoms with van der Waals surface area (Å²) in [6.45, 7) is 0. The van der Waals surface area contributed by atoms with E-state index in [-0.39, 0.29) is 11.7 Å². The van der Waals surface area contributed by atoms with E-state index < -0.39 is 0 Å². The summed E-state index contributed by atoms with van der Waals surface area (Å²) < 4.78 is 30.1. The van der Waals surface area contributed by atoms with Crippen LogP contribution in [0.1, 0.15) is 33.6 Å². The molecule has 0 saturated carbocycles. The predicted molar refractivity (Wildman–Crippen MR) is 183 cm³/mol. The summed E-state index contributed by atoms with van der Waals surface area (Å²) in [7, 11) is 4.75. The number of anilines is 3. The third-order valence-electron chi connectivity index (χ3n) is 8.39. The first kappa shape index (κ1) is 29.7. The number of methoxy groups -OCH3 is 3. The van der Waals surface area contributed by atoms with E-state index in [2.05, 4.69) is 21.7 Å². The number of halogens is 1. The molecule has 47 heavy (non-hydrogen) atoms. The van der Waals surface area contributed by atoms with Crippen molar-refractivity contribution in [2.24, 2.45) is 0 Å². The van der Waals surface area contributed by atoms with Gasteiger partial charge in [-0.3, -0.25) is 9.78 Å². The molecule has 2 heterocycles. The van der Waals surface area contributed by atoms with Gasteiger partial charge in [-0.25, -0.2) is 9.37 Å². The molecule has 4 aromatic carbocycles. The predicted octanol–water partition coefficient (Wildman–Crippen LogP) is 8.43. The summed E-state index contributed by atoms with van der Waals surface area (Å²) in [5.41, 5.74) is 7.10. The maximum absolute atomic E-state index is 14.3. The van der Waals surface area contributed by atoms with Gasteiger partial charge < -0.3 is 24.8 Å². The zero-order chi connectivity index (χ0) is 32.5. The van der Waals surface area contributed by atoms with Crippen molar-refractivity contribution in [1.29, 1.82) is 0 Å². The first-order valence-electron chi connectivity index (χ1n) is 15.1. The van der Waals surface area contributed by atoms with Crippen molar-refractivity contribution in [2.75, 3.05) is 32.0 Å². The molecule has 0 aliphatic heterocycles. The van der Waals surface area contributed by atoms with E-state index in [1.807, 2.05) is 54.6 Å². The fourth-order valence-corrected chi connectivity index (χ4v) is 6.21. The monoisotopic (exact) mass is 626 g/mol. The van der Waals surface area contributed by atoms with E-state index in [9.17, 15) is 9.18 Å². The molecule has 0 radical (unpaired) electrons. The number of carbonyl (C=O) groups excluding carboxylic acids is 1. The molecule has 7 rings (SSSR count). The topological polar surface area (TPSA) is 94.6 Å². The fourth-order valence-electron chi connectivity index (χ4n) is 6.21. The molecule has 1 aliphatic carbocycles. The minimum absolute atomic E-state index is 0.224. The summed E-state index contributed by atoms with van der Waals surface area (Å²) in [6, 6.07) is 23.3. The molecule has 2 N–H and O–H groups in total. The number of rotatable bonds is 8. The molecular weight excluding hydrogens is 595 g/mol. The highest BCUT2D eigenvalue weighted by molar-refractivity contribution is 6.17. The second kappa shape index (κ2) is 12.4. The Morgan fingerprint density at radius 2 is 1.57 bits per heavy atom. The molecule has 0 spiro atoms. The van der Waals surface area contributed by atoms with Crippen molar-refractivity contribution in [2.45, 2.75) is 12.8 Å². The maximum Gasteiger partial charge on any atom is 0.256 e. The molecule has 0 atom stereocenters. The summed E-state index contributed by atoms with van der Waals surface area (Å²) in [5.74, 6) is 1.11. The fraction of sp³-hybridized carbons (Fsp3) is 0.132. The van der Waals surface area contributed by atoms with Crippen molar-refractivity contribution in [3.05, 3.63) is 119 Å². The van der Waals surface area contributed by atoms with E-state index in [1.54, 1.807) is 45.9 Å². The van der Waals surface area contributed by atoms with Crippen molar-refractivity contribution >= 4 is 56.3 Å². The maximum atomic E-state index is 14.3. The van der Waals surface area contributed by atoms with Gasteiger partial charge in [0.1, 0.15) is 5.82 Å². The van der Waals surface area contributed by atoms with Gasteiger partial charge in [-0.05, 0) is 96.3 Å². The molecule has 0 fully saturated rings. The number of hydrogen-bond acceptors (Lipinski definition) is 7. The molecule has 0 unspecified atom stereocenters. The van der Waals surface area contributed by atoms with Crippen LogP contribution in [0.2, 0.25) is 0 Å². The first-order valence-corrected chi connectivity index (χ1v) is 15.1. The largest absolute Gasteiger partial charge is 0.493 e. The number of aromatic nitrogens is 2. The van der Waals surface area contributed by atoms with Gasteiger partial charge in [0.2, 0.25) is 5.75 Å². The number of nitrogens with one attached hydrogen (secondary N) is 2.